The van der Waals surface area contributed by atoms with Crippen molar-refractivity contribution in [2.45, 2.75) is 18.4 Å². The molecule has 1 fully saturated rings. The topological polar surface area (TPSA) is 72.9 Å². The molecule has 3 rings (SSSR count). The van der Waals surface area contributed by atoms with Crippen LogP contribution in [0.1, 0.15) is 21.5 Å². The van der Waals surface area contributed by atoms with E-state index in [-0.39, 0.29) is 30.2 Å². The van der Waals surface area contributed by atoms with Gasteiger partial charge in [-0.05, 0) is 36.8 Å². The van der Waals surface area contributed by atoms with Gasteiger partial charge in [0.05, 0.1) is 23.7 Å². The van der Waals surface area contributed by atoms with Gasteiger partial charge in [0.1, 0.15) is 12.4 Å². The van der Waals surface area contributed by atoms with Gasteiger partial charge < -0.3 is 9.47 Å². The number of morpholine rings is 1. The maximum absolute atomic E-state index is 13.2. The van der Waals surface area contributed by atoms with E-state index < -0.39 is 21.8 Å². The Morgan fingerprint density at radius 3 is 2.61 bits per heavy atom. The minimum Gasteiger partial charge on any atom is -0.457 e. The Balaban J connectivity index is 1.79. The maximum atomic E-state index is 13.2. The highest BCUT2D eigenvalue weighted by molar-refractivity contribution is 9.10. The number of hydrogen-bond donors (Lipinski definition) is 0. The summed E-state index contributed by atoms with van der Waals surface area (Å²) >= 11 is 3.22. The molecule has 1 aliphatic rings. The summed E-state index contributed by atoms with van der Waals surface area (Å²) in [6, 6.07) is 8.46. The van der Waals surface area contributed by atoms with Crippen LogP contribution in [0.2, 0.25) is 0 Å². The lowest BCUT2D eigenvalue weighted by Gasteiger charge is -2.26. The molecular weight excluding hydrogens is 453 g/mol. The fraction of sp³-hybridized carbons (Fsp3) is 0.316. The lowest BCUT2D eigenvalue weighted by molar-refractivity contribution is 0.0470. The quantitative estimate of drug-likeness (QED) is 0.625. The second-order valence-electron chi connectivity index (χ2n) is 6.31. The second-order valence-corrected chi connectivity index (χ2v) is 9.10. The van der Waals surface area contributed by atoms with Crippen molar-refractivity contribution in [3.8, 4) is 0 Å². The largest absolute Gasteiger partial charge is 0.457 e. The van der Waals surface area contributed by atoms with Gasteiger partial charge in [-0.15, -0.1) is 0 Å². The van der Waals surface area contributed by atoms with E-state index in [1.165, 1.54) is 34.6 Å². The van der Waals surface area contributed by atoms with Crippen LogP contribution in [0.5, 0.6) is 0 Å². The first-order valence-corrected chi connectivity index (χ1v) is 10.8. The number of aryl methyl sites for hydroxylation is 1. The van der Waals surface area contributed by atoms with Gasteiger partial charge in [-0.2, -0.15) is 4.31 Å². The normalized spacial score (nSPS) is 15.4. The van der Waals surface area contributed by atoms with Crippen LogP contribution in [0, 0.1) is 12.7 Å². The molecule has 150 valence electrons. The summed E-state index contributed by atoms with van der Waals surface area (Å²) in [5.74, 6) is -1.05. The van der Waals surface area contributed by atoms with Gasteiger partial charge in [-0.3, -0.25) is 0 Å². The van der Waals surface area contributed by atoms with Crippen molar-refractivity contribution in [3.63, 3.8) is 0 Å². The SMILES string of the molecule is Cc1ccc(S(=O)(=O)N2CCOCC2)cc1C(=O)OCc1ccc(F)cc1Br. The van der Waals surface area contributed by atoms with Gasteiger partial charge in [-0.1, -0.05) is 28.1 Å². The van der Waals surface area contributed by atoms with Crippen LogP contribution in [0.3, 0.4) is 0 Å². The van der Waals surface area contributed by atoms with Crippen LogP contribution in [-0.4, -0.2) is 45.0 Å². The predicted octanol–water partition coefficient (Wildman–Crippen LogP) is 3.27. The standard InChI is InChI=1S/C19H19BrFNO5S/c1-13-2-5-16(28(24,25)22-6-8-26-9-7-22)11-17(13)19(23)27-12-14-3-4-15(21)10-18(14)20/h2-5,10-11H,6-9,12H2,1H3. The summed E-state index contributed by atoms with van der Waals surface area (Å²) < 4.78 is 51.1. The minimum atomic E-state index is -3.72. The fourth-order valence-electron chi connectivity index (χ4n) is 2.78. The predicted molar refractivity (Wildman–Crippen MR) is 104 cm³/mol. The van der Waals surface area contributed by atoms with Crippen molar-refractivity contribution in [2.24, 2.45) is 0 Å². The van der Waals surface area contributed by atoms with Gasteiger partial charge in [0.25, 0.3) is 0 Å². The summed E-state index contributed by atoms with van der Waals surface area (Å²) in [7, 11) is -3.72. The molecule has 0 saturated carbocycles. The molecule has 0 radical (unpaired) electrons. The number of carbonyl (C=O) groups is 1. The first-order valence-electron chi connectivity index (χ1n) is 8.58. The van der Waals surface area contributed by atoms with Crippen molar-refractivity contribution in [1.82, 2.24) is 4.31 Å². The van der Waals surface area contributed by atoms with Crippen LogP contribution < -0.4 is 0 Å². The second kappa shape index (κ2) is 8.69. The van der Waals surface area contributed by atoms with Crippen LogP contribution >= 0.6 is 15.9 Å². The van der Waals surface area contributed by atoms with E-state index in [0.717, 1.165) is 0 Å². The van der Waals surface area contributed by atoms with Crippen LogP contribution in [0.25, 0.3) is 0 Å². The Bertz CT molecular complexity index is 990. The average molecular weight is 472 g/mol. The monoisotopic (exact) mass is 471 g/mol. The zero-order valence-electron chi connectivity index (χ0n) is 15.2. The highest BCUT2D eigenvalue weighted by Crippen LogP contribution is 2.23. The third-order valence-electron chi connectivity index (χ3n) is 4.41. The highest BCUT2D eigenvalue weighted by atomic mass is 79.9. The summed E-state index contributed by atoms with van der Waals surface area (Å²) in [5.41, 5.74) is 1.38. The number of benzene rings is 2. The molecule has 1 aliphatic heterocycles. The van der Waals surface area contributed by atoms with Gasteiger partial charge in [0.15, 0.2) is 0 Å². The third kappa shape index (κ3) is 4.60. The molecule has 9 heteroatoms. The molecule has 0 aliphatic carbocycles. The smallest absolute Gasteiger partial charge is 0.338 e. The number of hydrogen-bond acceptors (Lipinski definition) is 5. The first-order chi connectivity index (χ1) is 13.3. The Kier molecular flexibility index (Phi) is 6.49. The molecule has 0 atom stereocenters. The molecule has 1 saturated heterocycles. The Morgan fingerprint density at radius 2 is 1.93 bits per heavy atom. The zero-order valence-corrected chi connectivity index (χ0v) is 17.6. The summed E-state index contributed by atoms with van der Waals surface area (Å²) in [4.78, 5) is 12.6. The number of rotatable bonds is 5. The van der Waals surface area contributed by atoms with Crippen LogP contribution in [-0.2, 0) is 26.1 Å². The Morgan fingerprint density at radius 1 is 1.21 bits per heavy atom. The van der Waals surface area contributed by atoms with E-state index in [4.69, 9.17) is 9.47 Å². The summed E-state index contributed by atoms with van der Waals surface area (Å²) in [5, 5.41) is 0. The van der Waals surface area contributed by atoms with E-state index in [1.807, 2.05) is 0 Å². The van der Waals surface area contributed by atoms with Crippen molar-refractivity contribution < 1.29 is 27.1 Å². The lowest BCUT2D eigenvalue weighted by Crippen LogP contribution is -2.40. The van der Waals surface area contributed by atoms with Crippen molar-refractivity contribution in [1.29, 1.82) is 0 Å². The van der Waals surface area contributed by atoms with Crippen molar-refractivity contribution in [2.75, 3.05) is 26.3 Å². The van der Waals surface area contributed by atoms with E-state index in [0.29, 0.717) is 28.8 Å². The van der Waals surface area contributed by atoms with E-state index in [9.17, 15) is 17.6 Å². The molecular formula is C19H19BrFNO5S. The van der Waals surface area contributed by atoms with Crippen LogP contribution in [0.4, 0.5) is 4.39 Å². The van der Waals surface area contributed by atoms with Crippen molar-refractivity contribution in [3.05, 3.63) is 63.4 Å². The van der Waals surface area contributed by atoms with Crippen molar-refractivity contribution >= 4 is 31.9 Å². The molecule has 2 aromatic carbocycles. The van der Waals surface area contributed by atoms with E-state index in [1.54, 1.807) is 13.0 Å². The molecule has 0 amide bonds. The highest BCUT2D eigenvalue weighted by Gasteiger charge is 2.27. The average Bonchev–Trinajstić information content (AvgIpc) is 2.68. The molecule has 0 bridgehead atoms. The number of ether oxygens (including phenoxy) is 2. The molecule has 2 aromatic rings. The molecule has 0 spiro atoms. The van der Waals surface area contributed by atoms with Gasteiger partial charge in [0.2, 0.25) is 10.0 Å². The molecule has 6 nitrogen and oxygen atoms in total. The van der Waals surface area contributed by atoms with Gasteiger partial charge in [-0.25, -0.2) is 17.6 Å². The molecule has 0 aromatic heterocycles. The van der Waals surface area contributed by atoms with E-state index in [2.05, 4.69) is 15.9 Å². The lowest BCUT2D eigenvalue weighted by atomic mass is 10.1. The summed E-state index contributed by atoms with van der Waals surface area (Å²) in [6.07, 6.45) is 0. The Labute approximate surface area is 171 Å². The zero-order chi connectivity index (χ0) is 20.3. The fourth-order valence-corrected chi connectivity index (χ4v) is 4.68. The number of sulfonamides is 1. The molecule has 0 unspecified atom stereocenters. The van der Waals surface area contributed by atoms with Gasteiger partial charge >= 0.3 is 5.97 Å². The first kappa shape index (κ1) is 20.9. The number of halogens is 2. The van der Waals surface area contributed by atoms with E-state index >= 15 is 0 Å². The third-order valence-corrected chi connectivity index (χ3v) is 7.04. The number of nitrogens with zero attached hydrogens (tertiary/aromatic N) is 1. The summed E-state index contributed by atoms with van der Waals surface area (Å²) in [6.45, 7) is 2.86. The maximum Gasteiger partial charge on any atom is 0.338 e. The number of carbonyl (C=O) groups excluding carboxylic acids is 1. The van der Waals surface area contributed by atoms with Gasteiger partial charge in [0, 0.05) is 23.1 Å². The molecule has 1 heterocycles. The molecule has 28 heavy (non-hydrogen) atoms. The Hall–Kier alpha value is -1.81. The number of esters is 1. The van der Waals surface area contributed by atoms with Crippen LogP contribution in [0.15, 0.2) is 45.8 Å². The minimum absolute atomic E-state index is 0.0370. The molecule has 0 N–H and O–H groups in total.